The molecule has 0 aromatic carbocycles. The molecule has 0 aromatic heterocycles. The average molecular weight is 113 g/mol. The normalized spacial score (nSPS) is 11.4. The Labute approximate surface area is 50.3 Å². The highest BCUT2D eigenvalue weighted by Crippen LogP contribution is 2.04. The van der Waals surface area contributed by atoms with Crippen molar-refractivity contribution < 1.29 is 0 Å². The van der Waals surface area contributed by atoms with Crippen LogP contribution in [0.25, 0.3) is 0 Å². The summed E-state index contributed by atoms with van der Waals surface area (Å²) in [5, 5.41) is 1.64. The standard InChI is InChI=1S/C6H9S/c1-5(2)6(3)4-7/h4H,1H2,2-3H3/b6-4+. The van der Waals surface area contributed by atoms with E-state index in [2.05, 4.69) is 19.2 Å². The van der Waals surface area contributed by atoms with Gasteiger partial charge in [-0.05, 0) is 19.4 Å². The zero-order chi connectivity index (χ0) is 5.86. The van der Waals surface area contributed by atoms with Gasteiger partial charge in [0.05, 0.1) is 0 Å². The molecule has 0 aliphatic heterocycles. The predicted octanol–water partition coefficient (Wildman–Crippen LogP) is 2.66. The van der Waals surface area contributed by atoms with Crippen LogP contribution in [-0.4, -0.2) is 0 Å². The third kappa shape index (κ3) is 2.40. The molecule has 0 aromatic rings. The van der Waals surface area contributed by atoms with Gasteiger partial charge in [-0.25, -0.2) is 0 Å². The molecule has 0 unspecified atom stereocenters. The highest BCUT2D eigenvalue weighted by Gasteiger charge is 1.82. The molecule has 0 heterocycles. The molecule has 0 N–H and O–H groups in total. The second kappa shape index (κ2) is 2.80. The lowest BCUT2D eigenvalue weighted by Gasteiger charge is -1.90. The van der Waals surface area contributed by atoms with Gasteiger partial charge in [-0.15, -0.1) is 0 Å². The quantitative estimate of drug-likeness (QED) is 0.458. The van der Waals surface area contributed by atoms with Crippen LogP contribution in [0.5, 0.6) is 0 Å². The van der Waals surface area contributed by atoms with E-state index < -0.39 is 0 Å². The molecule has 1 radical (unpaired) electrons. The fraction of sp³-hybridized carbons (Fsp3) is 0.333. The summed E-state index contributed by atoms with van der Waals surface area (Å²) in [5.74, 6) is 0. The lowest BCUT2D eigenvalue weighted by atomic mass is 10.2. The highest BCUT2D eigenvalue weighted by molar-refractivity contribution is 7.83. The van der Waals surface area contributed by atoms with E-state index in [9.17, 15) is 0 Å². The Hall–Kier alpha value is -0.300. The summed E-state index contributed by atoms with van der Waals surface area (Å²) in [5.41, 5.74) is 2.14. The van der Waals surface area contributed by atoms with E-state index in [1.807, 2.05) is 13.8 Å². The lowest BCUT2D eigenvalue weighted by molar-refractivity contribution is 1.38. The van der Waals surface area contributed by atoms with Gasteiger partial charge in [0.2, 0.25) is 0 Å². The Kier molecular flexibility index (Phi) is 2.68. The first kappa shape index (κ1) is 6.70. The van der Waals surface area contributed by atoms with Crippen molar-refractivity contribution in [3.8, 4) is 0 Å². The molecule has 0 atom stereocenters. The maximum atomic E-state index is 4.63. The molecule has 0 bridgehead atoms. The van der Waals surface area contributed by atoms with Crippen LogP contribution in [0.2, 0.25) is 0 Å². The van der Waals surface area contributed by atoms with Crippen molar-refractivity contribution in [2.24, 2.45) is 0 Å². The minimum Gasteiger partial charge on any atom is -0.0958 e. The van der Waals surface area contributed by atoms with Crippen LogP contribution >= 0.6 is 12.6 Å². The molecule has 0 spiro atoms. The topological polar surface area (TPSA) is 0 Å². The summed E-state index contributed by atoms with van der Waals surface area (Å²) in [6, 6.07) is 0. The fourth-order valence-electron chi connectivity index (χ4n) is 0.101. The van der Waals surface area contributed by atoms with Gasteiger partial charge in [0.15, 0.2) is 0 Å². The minimum absolute atomic E-state index is 1.05. The zero-order valence-corrected chi connectivity index (χ0v) is 5.51. The van der Waals surface area contributed by atoms with Crippen molar-refractivity contribution in [1.82, 2.24) is 0 Å². The van der Waals surface area contributed by atoms with Crippen molar-refractivity contribution in [1.29, 1.82) is 0 Å². The monoisotopic (exact) mass is 113 g/mol. The number of hydrogen-bond donors (Lipinski definition) is 0. The Morgan fingerprint density at radius 2 is 2.00 bits per heavy atom. The van der Waals surface area contributed by atoms with Crippen LogP contribution in [0, 0.1) is 0 Å². The van der Waals surface area contributed by atoms with Crippen molar-refractivity contribution in [2.45, 2.75) is 13.8 Å². The third-order valence-electron chi connectivity index (χ3n) is 0.850. The van der Waals surface area contributed by atoms with Gasteiger partial charge in [-0.1, -0.05) is 24.8 Å². The van der Waals surface area contributed by atoms with Crippen LogP contribution in [-0.2, 0) is 0 Å². The first-order chi connectivity index (χ1) is 3.18. The summed E-state index contributed by atoms with van der Waals surface area (Å²) < 4.78 is 0. The van der Waals surface area contributed by atoms with Crippen molar-refractivity contribution in [3.63, 3.8) is 0 Å². The molecule has 0 nitrogen and oxygen atoms in total. The van der Waals surface area contributed by atoms with E-state index in [-0.39, 0.29) is 0 Å². The molecule has 0 amide bonds. The summed E-state index contributed by atoms with van der Waals surface area (Å²) >= 11 is 4.63. The largest absolute Gasteiger partial charge is 0.0958 e. The Morgan fingerprint density at radius 1 is 1.57 bits per heavy atom. The molecule has 1 heteroatoms. The van der Waals surface area contributed by atoms with Gasteiger partial charge in [-0.3, -0.25) is 0 Å². The van der Waals surface area contributed by atoms with E-state index in [4.69, 9.17) is 0 Å². The fourth-order valence-corrected chi connectivity index (χ4v) is 0.302. The number of rotatable bonds is 1. The smallest absolute Gasteiger partial charge is 0.00452 e. The first-order valence-corrected chi connectivity index (χ1v) is 2.60. The summed E-state index contributed by atoms with van der Waals surface area (Å²) in [6.45, 7) is 7.59. The summed E-state index contributed by atoms with van der Waals surface area (Å²) in [6.07, 6.45) is 0. The minimum atomic E-state index is 1.05. The van der Waals surface area contributed by atoms with Crippen LogP contribution < -0.4 is 0 Å². The second-order valence-electron chi connectivity index (χ2n) is 1.58. The van der Waals surface area contributed by atoms with Gasteiger partial charge in [0.25, 0.3) is 0 Å². The van der Waals surface area contributed by atoms with Crippen LogP contribution in [0.15, 0.2) is 23.1 Å². The summed E-state index contributed by atoms with van der Waals surface area (Å²) in [7, 11) is 0. The average Bonchev–Trinajstić information content (AvgIpc) is 1.65. The Bertz CT molecular complexity index is 101. The van der Waals surface area contributed by atoms with E-state index in [0.29, 0.717) is 0 Å². The van der Waals surface area contributed by atoms with Gasteiger partial charge in [0.1, 0.15) is 0 Å². The molecule has 7 heavy (non-hydrogen) atoms. The molecule has 0 aliphatic rings. The van der Waals surface area contributed by atoms with Crippen molar-refractivity contribution in [2.75, 3.05) is 0 Å². The molecule has 0 saturated carbocycles. The first-order valence-electron chi connectivity index (χ1n) is 2.13. The van der Waals surface area contributed by atoms with Gasteiger partial charge >= 0.3 is 0 Å². The van der Waals surface area contributed by atoms with Gasteiger partial charge < -0.3 is 0 Å². The maximum absolute atomic E-state index is 4.63. The maximum Gasteiger partial charge on any atom is 0.00452 e. The van der Waals surface area contributed by atoms with E-state index >= 15 is 0 Å². The van der Waals surface area contributed by atoms with Crippen LogP contribution in [0.4, 0.5) is 0 Å². The molecular formula is C6H9S. The van der Waals surface area contributed by atoms with E-state index in [0.717, 1.165) is 11.1 Å². The van der Waals surface area contributed by atoms with Crippen molar-refractivity contribution >= 4 is 12.6 Å². The summed E-state index contributed by atoms with van der Waals surface area (Å²) in [4.78, 5) is 0. The van der Waals surface area contributed by atoms with Crippen molar-refractivity contribution in [3.05, 3.63) is 23.1 Å². The highest BCUT2D eigenvalue weighted by atomic mass is 32.1. The molecule has 0 aliphatic carbocycles. The van der Waals surface area contributed by atoms with Crippen LogP contribution in [0.1, 0.15) is 13.8 Å². The molecule has 39 valence electrons. The Morgan fingerprint density at radius 3 is 2.00 bits per heavy atom. The molecule has 0 fully saturated rings. The zero-order valence-electron chi connectivity index (χ0n) is 4.69. The SMILES string of the molecule is C=C(C)/C(C)=C/[S]. The van der Waals surface area contributed by atoms with Gasteiger partial charge in [-0.2, -0.15) is 0 Å². The molecular weight excluding hydrogens is 104 g/mol. The van der Waals surface area contributed by atoms with Crippen LogP contribution in [0.3, 0.4) is 0 Å². The Balaban J connectivity index is 3.82. The second-order valence-corrected chi connectivity index (χ2v) is 1.82. The number of allylic oxidation sites excluding steroid dienone is 2. The van der Waals surface area contributed by atoms with E-state index in [1.165, 1.54) is 0 Å². The van der Waals surface area contributed by atoms with Gasteiger partial charge in [0, 0.05) is 5.41 Å². The predicted molar refractivity (Wildman–Crippen MR) is 36.2 cm³/mol. The number of hydrogen-bond acceptors (Lipinski definition) is 0. The third-order valence-corrected chi connectivity index (χ3v) is 1.20. The lowest BCUT2D eigenvalue weighted by Crippen LogP contribution is -1.70. The van der Waals surface area contributed by atoms with E-state index in [1.54, 1.807) is 5.41 Å². The molecule has 0 rings (SSSR count). The molecule has 0 saturated heterocycles.